The van der Waals surface area contributed by atoms with Crippen LogP contribution in [0.15, 0.2) is 29.2 Å². The first kappa shape index (κ1) is 18.7. The zero-order valence-electron chi connectivity index (χ0n) is 12.1. The van der Waals surface area contributed by atoms with Crippen molar-refractivity contribution in [2.24, 2.45) is 5.92 Å². The molecule has 0 saturated carbocycles. The second-order valence-electron chi connectivity index (χ2n) is 5.19. The van der Waals surface area contributed by atoms with E-state index in [4.69, 9.17) is 11.6 Å². The zero-order chi connectivity index (χ0) is 14.6. The third-order valence-electron chi connectivity index (χ3n) is 3.83. The molecule has 0 atom stereocenters. The van der Waals surface area contributed by atoms with Crippen LogP contribution in [0.2, 0.25) is 5.02 Å². The summed E-state index contributed by atoms with van der Waals surface area (Å²) in [4.78, 5) is 0.329. The van der Waals surface area contributed by atoms with Gasteiger partial charge in [0.15, 0.2) is 0 Å². The monoisotopic (exact) mass is 352 g/mol. The third kappa shape index (κ3) is 4.83. The van der Waals surface area contributed by atoms with E-state index in [1.54, 1.807) is 28.6 Å². The molecule has 7 heteroatoms. The lowest BCUT2D eigenvalue weighted by atomic mass is 9.95. The molecule has 0 spiro atoms. The van der Waals surface area contributed by atoms with E-state index in [0.717, 1.165) is 25.8 Å². The fourth-order valence-corrected chi connectivity index (χ4v) is 4.14. The van der Waals surface area contributed by atoms with Crippen molar-refractivity contribution in [3.63, 3.8) is 0 Å². The molecule has 0 aliphatic carbocycles. The van der Waals surface area contributed by atoms with Gasteiger partial charge in [-0.1, -0.05) is 11.6 Å². The number of nitrogens with one attached hydrogen (secondary N) is 1. The van der Waals surface area contributed by atoms with Gasteiger partial charge in [-0.25, -0.2) is 8.42 Å². The van der Waals surface area contributed by atoms with E-state index in [0.29, 0.717) is 28.9 Å². The van der Waals surface area contributed by atoms with E-state index >= 15 is 0 Å². The zero-order valence-corrected chi connectivity index (χ0v) is 14.5. The van der Waals surface area contributed by atoms with Crippen molar-refractivity contribution in [2.45, 2.75) is 24.2 Å². The Labute approximate surface area is 138 Å². The fourth-order valence-electron chi connectivity index (χ4n) is 2.54. The minimum atomic E-state index is -3.36. The fraction of sp³-hybridized carbons (Fsp3) is 0.571. The molecule has 1 fully saturated rings. The number of nitrogens with zero attached hydrogens (tertiary/aromatic N) is 1. The molecule has 1 aliphatic rings. The van der Waals surface area contributed by atoms with Crippen molar-refractivity contribution < 1.29 is 8.42 Å². The van der Waals surface area contributed by atoms with E-state index in [-0.39, 0.29) is 12.4 Å². The maximum atomic E-state index is 12.5. The summed E-state index contributed by atoms with van der Waals surface area (Å²) in [5.41, 5.74) is 0. The van der Waals surface area contributed by atoms with Crippen LogP contribution in [-0.2, 0) is 10.0 Å². The maximum absolute atomic E-state index is 12.5. The first-order valence-electron chi connectivity index (χ1n) is 6.94. The summed E-state index contributed by atoms with van der Waals surface area (Å²) in [7, 11) is -1.42. The minimum absolute atomic E-state index is 0. The van der Waals surface area contributed by atoms with Gasteiger partial charge in [0.1, 0.15) is 0 Å². The molecule has 120 valence electrons. The molecule has 0 radical (unpaired) electrons. The first-order chi connectivity index (χ1) is 9.54. The van der Waals surface area contributed by atoms with E-state index < -0.39 is 10.0 Å². The van der Waals surface area contributed by atoms with Crippen LogP contribution < -0.4 is 5.32 Å². The van der Waals surface area contributed by atoms with E-state index in [1.165, 1.54) is 0 Å². The molecule has 0 aromatic heterocycles. The predicted molar refractivity (Wildman–Crippen MR) is 88.7 cm³/mol. The van der Waals surface area contributed by atoms with Crippen molar-refractivity contribution >= 4 is 34.0 Å². The highest BCUT2D eigenvalue weighted by atomic mass is 35.5. The van der Waals surface area contributed by atoms with Crippen LogP contribution in [0.1, 0.15) is 19.3 Å². The van der Waals surface area contributed by atoms with Crippen LogP contribution in [0.25, 0.3) is 0 Å². The Balaban J connectivity index is 0.00000220. The summed E-state index contributed by atoms with van der Waals surface area (Å²) >= 11 is 5.80. The van der Waals surface area contributed by atoms with Gasteiger partial charge in [0.25, 0.3) is 0 Å². The standard InChI is InChI=1S/C14H21ClN2O2S.ClH/c1-16-9-6-12-7-10-17(11-8-12)20(18,19)14-4-2-13(15)3-5-14;/h2-5,12,16H,6-11H2,1H3;1H. The van der Waals surface area contributed by atoms with E-state index in [2.05, 4.69) is 5.32 Å². The Morgan fingerprint density at radius 3 is 2.33 bits per heavy atom. The summed E-state index contributed by atoms with van der Waals surface area (Å²) in [6.45, 7) is 2.22. The molecule has 1 aromatic carbocycles. The number of rotatable bonds is 5. The highest BCUT2D eigenvalue weighted by molar-refractivity contribution is 7.89. The largest absolute Gasteiger partial charge is 0.320 e. The molecular weight excluding hydrogens is 331 g/mol. The van der Waals surface area contributed by atoms with Gasteiger partial charge in [-0.3, -0.25) is 0 Å². The number of hydrogen-bond donors (Lipinski definition) is 1. The van der Waals surface area contributed by atoms with Crippen LogP contribution in [0.3, 0.4) is 0 Å². The van der Waals surface area contributed by atoms with Gasteiger partial charge >= 0.3 is 0 Å². The van der Waals surface area contributed by atoms with Crippen molar-refractivity contribution in [1.29, 1.82) is 0 Å². The maximum Gasteiger partial charge on any atom is 0.243 e. The molecular formula is C14H22Cl2N2O2S. The second-order valence-corrected chi connectivity index (χ2v) is 7.57. The number of piperidine rings is 1. The van der Waals surface area contributed by atoms with Gasteiger partial charge < -0.3 is 5.32 Å². The van der Waals surface area contributed by atoms with Gasteiger partial charge in [0.05, 0.1) is 4.90 Å². The normalized spacial score (nSPS) is 17.4. The average molecular weight is 353 g/mol. The molecule has 1 N–H and O–H groups in total. The molecule has 0 amide bonds. The summed E-state index contributed by atoms with van der Waals surface area (Å²) in [5, 5.41) is 3.69. The molecule has 1 aromatic rings. The molecule has 1 saturated heterocycles. The highest BCUT2D eigenvalue weighted by Crippen LogP contribution is 2.25. The average Bonchev–Trinajstić information content (AvgIpc) is 2.46. The summed E-state index contributed by atoms with van der Waals surface area (Å²) < 4.78 is 26.6. The first-order valence-corrected chi connectivity index (χ1v) is 8.76. The number of sulfonamides is 1. The third-order valence-corrected chi connectivity index (χ3v) is 5.99. The Kier molecular flexibility index (Phi) is 7.44. The lowest BCUT2D eigenvalue weighted by molar-refractivity contribution is 0.263. The quantitative estimate of drug-likeness (QED) is 0.886. The molecule has 2 rings (SSSR count). The lowest BCUT2D eigenvalue weighted by Gasteiger charge is -2.31. The smallest absolute Gasteiger partial charge is 0.243 e. The molecule has 0 unspecified atom stereocenters. The Bertz CT molecular complexity index is 526. The SMILES string of the molecule is CNCCC1CCN(S(=O)(=O)c2ccc(Cl)cc2)CC1.Cl. The van der Waals surface area contributed by atoms with Crippen molar-refractivity contribution in [3.05, 3.63) is 29.3 Å². The summed E-state index contributed by atoms with van der Waals surface area (Å²) in [6, 6.07) is 6.39. The van der Waals surface area contributed by atoms with Gasteiger partial charge in [0, 0.05) is 18.1 Å². The minimum Gasteiger partial charge on any atom is -0.320 e. The van der Waals surface area contributed by atoms with Gasteiger partial charge in [-0.05, 0) is 63.0 Å². The van der Waals surface area contributed by atoms with Gasteiger partial charge in [-0.2, -0.15) is 4.31 Å². The Hall–Kier alpha value is -0.330. The van der Waals surface area contributed by atoms with E-state index in [1.807, 2.05) is 7.05 Å². The van der Waals surface area contributed by atoms with Crippen LogP contribution in [-0.4, -0.2) is 39.4 Å². The Morgan fingerprint density at radius 2 is 1.81 bits per heavy atom. The Morgan fingerprint density at radius 1 is 1.24 bits per heavy atom. The van der Waals surface area contributed by atoms with Crippen LogP contribution in [0.4, 0.5) is 0 Å². The predicted octanol–water partition coefficient (Wildman–Crippen LogP) is 2.77. The number of halogens is 2. The topological polar surface area (TPSA) is 49.4 Å². The lowest BCUT2D eigenvalue weighted by Crippen LogP contribution is -2.38. The molecule has 1 aliphatic heterocycles. The van der Waals surface area contributed by atoms with E-state index in [9.17, 15) is 8.42 Å². The highest BCUT2D eigenvalue weighted by Gasteiger charge is 2.28. The summed E-state index contributed by atoms with van der Waals surface area (Å²) in [5.74, 6) is 0.624. The second kappa shape index (κ2) is 8.34. The van der Waals surface area contributed by atoms with Gasteiger partial charge in [-0.15, -0.1) is 12.4 Å². The van der Waals surface area contributed by atoms with Crippen LogP contribution in [0, 0.1) is 5.92 Å². The molecule has 4 nitrogen and oxygen atoms in total. The van der Waals surface area contributed by atoms with Crippen molar-refractivity contribution in [1.82, 2.24) is 9.62 Å². The number of benzene rings is 1. The summed E-state index contributed by atoms with van der Waals surface area (Å²) in [6.07, 6.45) is 2.99. The van der Waals surface area contributed by atoms with Crippen LogP contribution in [0.5, 0.6) is 0 Å². The molecule has 1 heterocycles. The van der Waals surface area contributed by atoms with Gasteiger partial charge in [0.2, 0.25) is 10.0 Å². The van der Waals surface area contributed by atoms with Crippen molar-refractivity contribution in [3.8, 4) is 0 Å². The molecule has 0 bridgehead atoms. The molecule has 21 heavy (non-hydrogen) atoms. The number of hydrogen-bond acceptors (Lipinski definition) is 3. The van der Waals surface area contributed by atoms with Crippen LogP contribution >= 0.6 is 24.0 Å². The van der Waals surface area contributed by atoms with Crippen molar-refractivity contribution in [2.75, 3.05) is 26.7 Å².